The minimum Gasteiger partial charge on any atom is -0.371 e. The maximum Gasteiger partial charge on any atom is 0.255 e. The van der Waals surface area contributed by atoms with Crippen LogP contribution in [0, 0.1) is 0 Å². The van der Waals surface area contributed by atoms with E-state index in [4.69, 9.17) is 0 Å². The van der Waals surface area contributed by atoms with Gasteiger partial charge in [-0.15, -0.1) is 0 Å². The molecule has 2 aliphatic heterocycles. The van der Waals surface area contributed by atoms with Crippen molar-refractivity contribution in [3.63, 3.8) is 0 Å². The highest BCUT2D eigenvalue weighted by atomic mass is 16.2. The molecule has 7 nitrogen and oxygen atoms in total. The number of nitrogens with zero attached hydrogens (tertiary/aromatic N) is 3. The van der Waals surface area contributed by atoms with E-state index in [0.29, 0.717) is 17.8 Å². The lowest BCUT2D eigenvalue weighted by atomic mass is 10.1. The lowest BCUT2D eigenvalue weighted by Crippen LogP contribution is -2.44. The Bertz CT molecular complexity index is 951. The molecule has 2 N–H and O–H groups in total. The zero-order valence-corrected chi connectivity index (χ0v) is 19.6. The predicted octanol–water partition coefficient (Wildman–Crippen LogP) is 4.21. The first-order chi connectivity index (χ1) is 16.2. The topological polar surface area (TPSA) is 77.6 Å². The van der Waals surface area contributed by atoms with E-state index in [1.165, 1.54) is 19.3 Å². The summed E-state index contributed by atoms with van der Waals surface area (Å²) in [5, 5.41) is 5.99. The third-order valence-corrected chi connectivity index (χ3v) is 6.47. The number of carbonyl (C=O) groups is 2. The zero-order chi connectivity index (χ0) is 23.0. The summed E-state index contributed by atoms with van der Waals surface area (Å²) < 4.78 is 0. The van der Waals surface area contributed by atoms with Crippen molar-refractivity contribution in [2.45, 2.75) is 57.9 Å². The second-order valence-corrected chi connectivity index (χ2v) is 8.97. The van der Waals surface area contributed by atoms with Crippen molar-refractivity contribution in [1.29, 1.82) is 0 Å². The monoisotopic (exact) mass is 449 g/mol. The first kappa shape index (κ1) is 23.1. The summed E-state index contributed by atoms with van der Waals surface area (Å²) in [6.07, 6.45) is 8.92. The molecule has 0 spiro atoms. The van der Waals surface area contributed by atoms with E-state index in [1.54, 1.807) is 18.3 Å². The number of benzene rings is 1. The highest BCUT2D eigenvalue weighted by Gasteiger charge is 2.25. The first-order valence-electron chi connectivity index (χ1n) is 12.3. The smallest absolute Gasteiger partial charge is 0.255 e. The van der Waals surface area contributed by atoms with Crippen LogP contribution < -0.4 is 20.4 Å². The van der Waals surface area contributed by atoms with Gasteiger partial charge in [0.05, 0.1) is 5.56 Å². The second-order valence-electron chi connectivity index (χ2n) is 8.97. The number of hydrogen-bond acceptors (Lipinski definition) is 5. The van der Waals surface area contributed by atoms with E-state index in [2.05, 4.69) is 31.5 Å². The summed E-state index contributed by atoms with van der Waals surface area (Å²) >= 11 is 0. The van der Waals surface area contributed by atoms with Gasteiger partial charge in [-0.05, 0) is 68.9 Å². The normalized spacial score (nSPS) is 17.0. The quantitative estimate of drug-likeness (QED) is 0.631. The van der Waals surface area contributed by atoms with Crippen LogP contribution in [0.2, 0.25) is 0 Å². The van der Waals surface area contributed by atoms with E-state index in [9.17, 15) is 9.59 Å². The number of piperidine rings is 1. The van der Waals surface area contributed by atoms with Crippen molar-refractivity contribution in [1.82, 2.24) is 10.3 Å². The van der Waals surface area contributed by atoms with Crippen LogP contribution in [0.1, 0.15) is 62.2 Å². The van der Waals surface area contributed by atoms with E-state index in [1.807, 2.05) is 25.1 Å². The van der Waals surface area contributed by atoms with Crippen molar-refractivity contribution in [3.8, 4) is 0 Å². The van der Waals surface area contributed by atoms with Gasteiger partial charge in [0.2, 0.25) is 5.91 Å². The molecule has 4 rings (SSSR count). The van der Waals surface area contributed by atoms with Gasteiger partial charge in [0, 0.05) is 43.8 Å². The molecule has 2 aliphatic rings. The summed E-state index contributed by atoms with van der Waals surface area (Å²) in [5.41, 5.74) is 2.42. The molecule has 1 unspecified atom stereocenters. The Morgan fingerprint density at radius 3 is 2.45 bits per heavy atom. The van der Waals surface area contributed by atoms with Crippen LogP contribution in [0.4, 0.5) is 17.2 Å². The molecule has 1 atom stereocenters. The molecular formula is C26H35N5O2. The fourth-order valence-electron chi connectivity index (χ4n) is 4.71. The Labute approximate surface area is 196 Å². The third-order valence-electron chi connectivity index (χ3n) is 6.47. The summed E-state index contributed by atoms with van der Waals surface area (Å²) in [4.78, 5) is 35.4. The van der Waals surface area contributed by atoms with Gasteiger partial charge in [-0.3, -0.25) is 9.59 Å². The minimum atomic E-state index is -0.604. The maximum absolute atomic E-state index is 13.2. The summed E-state index contributed by atoms with van der Waals surface area (Å²) in [5.74, 6) is 0.277. The summed E-state index contributed by atoms with van der Waals surface area (Å²) in [6.45, 7) is 5.93. The van der Waals surface area contributed by atoms with Gasteiger partial charge in [0.25, 0.3) is 5.91 Å². The Morgan fingerprint density at radius 1 is 0.970 bits per heavy atom. The molecular weight excluding hydrogens is 414 g/mol. The van der Waals surface area contributed by atoms with E-state index in [0.717, 1.165) is 56.8 Å². The second kappa shape index (κ2) is 11.2. The SMILES string of the molecule is CCCC(NC(=O)c1cccnc1N1CCCCC1)C(=O)Nc1cccc(N2CCCC2)c1. The molecule has 0 saturated carbocycles. The highest BCUT2D eigenvalue weighted by molar-refractivity contribution is 6.03. The fraction of sp³-hybridized carbons (Fsp3) is 0.500. The Hall–Kier alpha value is -3.09. The molecule has 0 aliphatic carbocycles. The molecule has 176 valence electrons. The minimum absolute atomic E-state index is 0.188. The number of pyridine rings is 1. The molecule has 1 aromatic heterocycles. The molecule has 7 heteroatoms. The lowest BCUT2D eigenvalue weighted by molar-refractivity contribution is -0.118. The Balaban J connectivity index is 1.45. The van der Waals surface area contributed by atoms with Crippen LogP contribution in [0.3, 0.4) is 0 Å². The number of aromatic nitrogens is 1. The molecule has 2 amide bonds. The van der Waals surface area contributed by atoms with Crippen LogP contribution >= 0.6 is 0 Å². The number of nitrogens with one attached hydrogen (secondary N) is 2. The first-order valence-corrected chi connectivity index (χ1v) is 12.3. The molecule has 33 heavy (non-hydrogen) atoms. The molecule has 3 heterocycles. The third kappa shape index (κ3) is 5.83. The van der Waals surface area contributed by atoms with Gasteiger partial charge in [-0.1, -0.05) is 19.4 Å². The Morgan fingerprint density at radius 2 is 1.70 bits per heavy atom. The summed E-state index contributed by atoms with van der Waals surface area (Å²) in [6, 6.07) is 10.9. The highest BCUT2D eigenvalue weighted by Crippen LogP contribution is 2.24. The largest absolute Gasteiger partial charge is 0.371 e. The number of carbonyl (C=O) groups excluding carboxylic acids is 2. The van der Waals surface area contributed by atoms with Gasteiger partial charge < -0.3 is 20.4 Å². The van der Waals surface area contributed by atoms with Crippen molar-refractivity contribution < 1.29 is 9.59 Å². The van der Waals surface area contributed by atoms with Gasteiger partial charge in [0.1, 0.15) is 11.9 Å². The number of amides is 2. The molecule has 2 fully saturated rings. The lowest BCUT2D eigenvalue weighted by Gasteiger charge is -2.29. The number of hydrogen-bond donors (Lipinski definition) is 2. The van der Waals surface area contributed by atoms with Crippen molar-refractivity contribution in [3.05, 3.63) is 48.2 Å². The van der Waals surface area contributed by atoms with Gasteiger partial charge in [-0.2, -0.15) is 0 Å². The van der Waals surface area contributed by atoms with E-state index in [-0.39, 0.29) is 11.8 Å². The van der Waals surface area contributed by atoms with Crippen molar-refractivity contribution in [2.24, 2.45) is 0 Å². The number of rotatable bonds is 8. The average Bonchev–Trinajstić information content (AvgIpc) is 3.40. The predicted molar refractivity (Wildman–Crippen MR) is 133 cm³/mol. The van der Waals surface area contributed by atoms with Crippen LogP contribution in [0.25, 0.3) is 0 Å². The van der Waals surface area contributed by atoms with Crippen molar-refractivity contribution in [2.75, 3.05) is 41.3 Å². The molecule has 1 aromatic carbocycles. The Kier molecular flexibility index (Phi) is 7.81. The van der Waals surface area contributed by atoms with Crippen LogP contribution in [0.5, 0.6) is 0 Å². The van der Waals surface area contributed by atoms with E-state index >= 15 is 0 Å². The summed E-state index contributed by atoms with van der Waals surface area (Å²) in [7, 11) is 0. The zero-order valence-electron chi connectivity index (χ0n) is 19.6. The van der Waals surface area contributed by atoms with Crippen LogP contribution in [-0.4, -0.2) is 49.0 Å². The molecule has 0 radical (unpaired) electrons. The van der Waals surface area contributed by atoms with Crippen LogP contribution in [0.15, 0.2) is 42.6 Å². The number of anilines is 3. The van der Waals surface area contributed by atoms with Gasteiger partial charge in [0.15, 0.2) is 0 Å². The van der Waals surface area contributed by atoms with Gasteiger partial charge >= 0.3 is 0 Å². The van der Waals surface area contributed by atoms with Gasteiger partial charge in [-0.25, -0.2) is 4.98 Å². The molecule has 0 bridgehead atoms. The molecule has 2 saturated heterocycles. The molecule has 2 aromatic rings. The standard InChI is InChI=1S/C26H35N5O2/c1-2-10-23(26(33)28-20-11-8-12-21(19-20)30-15-6-7-16-30)29-25(32)22-13-9-14-27-24(22)31-17-4-3-5-18-31/h8-9,11-14,19,23H,2-7,10,15-18H2,1H3,(H,28,33)(H,29,32). The maximum atomic E-state index is 13.2. The fourth-order valence-corrected chi connectivity index (χ4v) is 4.71. The van der Waals surface area contributed by atoms with Crippen LogP contribution in [-0.2, 0) is 4.79 Å². The van der Waals surface area contributed by atoms with E-state index < -0.39 is 6.04 Å². The van der Waals surface area contributed by atoms with Crippen molar-refractivity contribution >= 4 is 29.0 Å². The average molecular weight is 450 g/mol.